The van der Waals surface area contributed by atoms with Gasteiger partial charge in [0.2, 0.25) is 15.9 Å². The van der Waals surface area contributed by atoms with E-state index in [1.807, 2.05) is 18.3 Å². The second-order valence-electron chi connectivity index (χ2n) is 7.19. The number of hydrogen-bond acceptors (Lipinski definition) is 3. The number of fused-ring (bicyclic) bond motifs is 1. The zero-order chi connectivity index (χ0) is 19.0. The summed E-state index contributed by atoms with van der Waals surface area (Å²) < 4.78 is 30.5. The molecule has 1 saturated heterocycles. The molecule has 144 valence electrons. The number of benzene rings is 1. The van der Waals surface area contributed by atoms with Crippen molar-refractivity contribution in [3.05, 3.63) is 48.3 Å². The topological polar surface area (TPSA) is 62.6 Å². The molecule has 0 spiro atoms. The molecule has 1 amide bonds. The molecule has 1 aromatic carbocycles. The normalized spacial score (nSPS) is 20.9. The van der Waals surface area contributed by atoms with Crippen molar-refractivity contribution in [2.45, 2.75) is 50.1 Å². The molecule has 4 rings (SSSR count). The number of sulfonamides is 1. The van der Waals surface area contributed by atoms with Crippen LogP contribution in [0.3, 0.4) is 0 Å². The van der Waals surface area contributed by atoms with E-state index in [1.165, 1.54) is 0 Å². The fraction of sp³-hybridized carbons (Fsp3) is 0.450. The predicted octanol–water partition coefficient (Wildman–Crippen LogP) is 3.16. The lowest BCUT2D eigenvalue weighted by atomic mass is 10.1. The first-order valence-corrected chi connectivity index (χ1v) is 11.0. The SMILES string of the molecule is CCC[C@H]1c2cccn2CCN1S(=O)(=O)c1ccc(N2CCCC2=O)cc1. The lowest BCUT2D eigenvalue weighted by molar-refractivity contribution is -0.117. The van der Waals surface area contributed by atoms with E-state index in [2.05, 4.69) is 11.5 Å². The third-order valence-corrected chi connectivity index (χ3v) is 7.43. The van der Waals surface area contributed by atoms with E-state index in [9.17, 15) is 13.2 Å². The molecule has 0 bridgehead atoms. The van der Waals surface area contributed by atoms with E-state index in [1.54, 1.807) is 33.5 Å². The maximum absolute atomic E-state index is 13.3. The smallest absolute Gasteiger partial charge is 0.243 e. The first kappa shape index (κ1) is 18.3. The van der Waals surface area contributed by atoms with Crippen LogP contribution in [0.2, 0.25) is 0 Å². The van der Waals surface area contributed by atoms with Crippen LogP contribution in [0.4, 0.5) is 5.69 Å². The van der Waals surface area contributed by atoms with Gasteiger partial charge < -0.3 is 9.47 Å². The van der Waals surface area contributed by atoms with E-state index in [-0.39, 0.29) is 11.9 Å². The third-order valence-electron chi connectivity index (χ3n) is 5.51. The molecule has 1 atom stereocenters. The highest BCUT2D eigenvalue weighted by atomic mass is 32.2. The summed E-state index contributed by atoms with van der Waals surface area (Å²) in [6, 6.07) is 10.6. The van der Waals surface area contributed by atoms with Gasteiger partial charge in [-0.05, 0) is 49.2 Å². The lowest BCUT2D eigenvalue weighted by Gasteiger charge is -2.36. The number of anilines is 1. The zero-order valence-corrected chi connectivity index (χ0v) is 16.4. The number of amides is 1. The molecule has 3 heterocycles. The summed E-state index contributed by atoms with van der Waals surface area (Å²) in [6.45, 7) is 3.92. The number of aromatic nitrogens is 1. The minimum atomic E-state index is -3.59. The van der Waals surface area contributed by atoms with Crippen molar-refractivity contribution >= 4 is 21.6 Å². The van der Waals surface area contributed by atoms with Crippen molar-refractivity contribution in [3.8, 4) is 0 Å². The molecular weight excluding hydrogens is 362 g/mol. The van der Waals surface area contributed by atoms with Gasteiger partial charge in [0.1, 0.15) is 0 Å². The first-order valence-electron chi connectivity index (χ1n) is 9.59. The molecule has 0 saturated carbocycles. The van der Waals surface area contributed by atoms with Crippen LogP contribution in [-0.2, 0) is 21.4 Å². The molecule has 2 aliphatic rings. The van der Waals surface area contributed by atoms with Crippen molar-refractivity contribution in [1.29, 1.82) is 0 Å². The number of carbonyl (C=O) groups excluding carboxylic acids is 1. The molecule has 0 aliphatic carbocycles. The summed E-state index contributed by atoms with van der Waals surface area (Å²) >= 11 is 0. The Morgan fingerprint density at radius 3 is 2.52 bits per heavy atom. The van der Waals surface area contributed by atoms with E-state index in [4.69, 9.17) is 0 Å². The van der Waals surface area contributed by atoms with E-state index in [0.29, 0.717) is 31.0 Å². The monoisotopic (exact) mass is 387 g/mol. The summed E-state index contributed by atoms with van der Waals surface area (Å²) in [5.41, 5.74) is 1.83. The largest absolute Gasteiger partial charge is 0.349 e. The van der Waals surface area contributed by atoms with Gasteiger partial charge in [-0.25, -0.2) is 8.42 Å². The molecule has 0 unspecified atom stereocenters. The molecule has 1 fully saturated rings. The highest BCUT2D eigenvalue weighted by Crippen LogP contribution is 2.35. The van der Waals surface area contributed by atoms with Crippen LogP contribution in [0, 0.1) is 0 Å². The van der Waals surface area contributed by atoms with Crippen LogP contribution in [0.1, 0.15) is 44.3 Å². The highest BCUT2D eigenvalue weighted by Gasteiger charge is 2.36. The quantitative estimate of drug-likeness (QED) is 0.792. The van der Waals surface area contributed by atoms with Crippen molar-refractivity contribution in [3.63, 3.8) is 0 Å². The fourth-order valence-electron chi connectivity index (χ4n) is 4.15. The standard InChI is InChI=1S/C20H25N3O3S/c1-2-5-19-18-6-3-12-21(18)14-15-23(19)27(25,26)17-10-8-16(9-11-17)22-13-4-7-20(22)24/h3,6,8-12,19H,2,4-5,7,13-15H2,1H3/t19-/m0/s1. The van der Waals surface area contributed by atoms with Crippen molar-refractivity contribution in [2.75, 3.05) is 18.0 Å². The highest BCUT2D eigenvalue weighted by molar-refractivity contribution is 7.89. The van der Waals surface area contributed by atoms with Crippen molar-refractivity contribution in [2.24, 2.45) is 0 Å². The predicted molar refractivity (Wildman–Crippen MR) is 104 cm³/mol. The molecule has 7 heteroatoms. The maximum Gasteiger partial charge on any atom is 0.243 e. The van der Waals surface area contributed by atoms with Gasteiger partial charge >= 0.3 is 0 Å². The number of rotatable bonds is 5. The maximum atomic E-state index is 13.3. The molecular formula is C20H25N3O3S. The van der Waals surface area contributed by atoms with E-state index in [0.717, 1.165) is 30.6 Å². The average Bonchev–Trinajstić information content (AvgIpc) is 3.31. The van der Waals surface area contributed by atoms with Crippen LogP contribution < -0.4 is 4.90 Å². The van der Waals surface area contributed by atoms with E-state index >= 15 is 0 Å². The Balaban J connectivity index is 1.63. The minimum absolute atomic E-state index is 0.102. The molecule has 1 aromatic heterocycles. The van der Waals surface area contributed by atoms with Gasteiger partial charge in [0.15, 0.2) is 0 Å². The van der Waals surface area contributed by atoms with Gasteiger partial charge in [-0.2, -0.15) is 4.31 Å². The third kappa shape index (κ3) is 3.19. The summed E-state index contributed by atoms with van der Waals surface area (Å²) in [5, 5.41) is 0. The molecule has 27 heavy (non-hydrogen) atoms. The van der Waals surface area contributed by atoms with Crippen LogP contribution in [0.15, 0.2) is 47.5 Å². The Kier molecular flexibility index (Phi) is 4.82. The number of hydrogen-bond donors (Lipinski definition) is 0. The van der Waals surface area contributed by atoms with Crippen LogP contribution in [0.5, 0.6) is 0 Å². The fourth-order valence-corrected chi connectivity index (χ4v) is 5.77. The second-order valence-corrected chi connectivity index (χ2v) is 9.08. The van der Waals surface area contributed by atoms with Crippen LogP contribution in [-0.4, -0.2) is 36.3 Å². The zero-order valence-electron chi connectivity index (χ0n) is 15.5. The van der Waals surface area contributed by atoms with Gasteiger partial charge in [0.05, 0.1) is 10.9 Å². The van der Waals surface area contributed by atoms with Gasteiger partial charge in [0.25, 0.3) is 0 Å². The summed E-state index contributed by atoms with van der Waals surface area (Å²) in [7, 11) is -3.59. The second kappa shape index (κ2) is 7.13. The van der Waals surface area contributed by atoms with E-state index < -0.39 is 10.0 Å². The molecule has 2 aromatic rings. The summed E-state index contributed by atoms with van der Waals surface area (Å²) in [5.74, 6) is 0.102. The van der Waals surface area contributed by atoms with Gasteiger partial charge in [-0.15, -0.1) is 0 Å². The van der Waals surface area contributed by atoms with Crippen LogP contribution >= 0.6 is 0 Å². The van der Waals surface area contributed by atoms with Crippen molar-refractivity contribution in [1.82, 2.24) is 8.87 Å². The number of carbonyl (C=O) groups is 1. The van der Waals surface area contributed by atoms with Gasteiger partial charge in [0, 0.05) is 43.6 Å². The summed E-state index contributed by atoms with van der Waals surface area (Å²) in [4.78, 5) is 13.9. The molecule has 0 N–H and O–H groups in total. The molecule has 6 nitrogen and oxygen atoms in total. The van der Waals surface area contributed by atoms with Gasteiger partial charge in [-0.3, -0.25) is 4.79 Å². The van der Waals surface area contributed by atoms with Gasteiger partial charge in [-0.1, -0.05) is 13.3 Å². The Morgan fingerprint density at radius 1 is 1.07 bits per heavy atom. The van der Waals surface area contributed by atoms with Crippen LogP contribution in [0.25, 0.3) is 0 Å². The lowest BCUT2D eigenvalue weighted by Crippen LogP contribution is -2.41. The Bertz CT molecular complexity index is 934. The Labute approximate surface area is 160 Å². The average molecular weight is 388 g/mol. The molecule has 2 aliphatic heterocycles. The first-order chi connectivity index (χ1) is 13.0. The Morgan fingerprint density at radius 2 is 1.85 bits per heavy atom. The van der Waals surface area contributed by atoms with Crippen molar-refractivity contribution < 1.29 is 13.2 Å². The number of nitrogens with zero attached hydrogens (tertiary/aromatic N) is 3. The summed E-state index contributed by atoms with van der Waals surface area (Å²) in [6.07, 6.45) is 5.14. The minimum Gasteiger partial charge on any atom is -0.349 e. The molecule has 0 radical (unpaired) electrons. The Hall–Kier alpha value is -2.12.